The van der Waals surface area contributed by atoms with Gasteiger partial charge in [0.05, 0.1) is 24.5 Å². The summed E-state index contributed by atoms with van der Waals surface area (Å²) in [7, 11) is 0. The molecule has 0 bridgehead atoms. The van der Waals surface area contributed by atoms with Crippen molar-refractivity contribution in [2.24, 2.45) is 114 Å². The predicted molar refractivity (Wildman–Crippen MR) is 403 cm³/mol. The van der Waals surface area contributed by atoms with Gasteiger partial charge in [0.15, 0.2) is 23.1 Å². The molecular formula is C88H126N6O12. The quantitative estimate of drug-likeness (QED) is 0.0616. The van der Waals surface area contributed by atoms with Crippen LogP contribution in [-0.2, 0) is 47.9 Å². The molecule has 2 aromatic heterocycles. The largest absolute Gasteiger partial charge is 0.341 e. The average molecular weight is 1460 g/mol. The van der Waals surface area contributed by atoms with Gasteiger partial charge in [-0.25, -0.2) is 9.97 Å². The van der Waals surface area contributed by atoms with E-state index in [1.165, 1.54) is 37.2 Å². The minimum Gasteiger partial charge on any atom is -0.341 e. The van der Waals surface area contributed by atoms with E-state index < -0.39 is 93.6 Å². The van der Waals surface area contributed by atoms with Crippen LogP contribution in [0, 0.1) is 114 Å². The SMILES string of the molecule is CCCC(CC(=O)[C@@H]1C[C@@]2(CC1C(=O)[C@@H](CC(=O)[C@@H](NC(=O)c1cnccn1)C1CCCCC1)C(C)(C)C)C(C)(C)C21CCC1)C(=O)C(=O)CC1CC1.CCCC(CC(=O)[C@@H]1C[C@@]2(CC1C(=O)[C@@H](CC(=O)[C@@H](NC(=O)c1cnccn1)C1CCCCC1)C(C)(C)C)C(C)(C)C21CCC1)C(=O)C(=O)CC1CC1. The first-order valence-electron chi connectivity index (χ1n) is 41.6. The number of carbonyl (C=O) groups is 12. The molecule has 0 radical (unpaired) electrons. The number of fused-ring (bicyclic) bond motifs is 2. The Balaban J connectivity index is 0.000000212. The first-order valence-corrected chi connectivity index (χ1v) is 41.6. The van der Waals surface area contributed by atoms with Gasteiger partial charge in [-0.3, -0.25) is 67.5 Å². The van der Waals surface area contributed by atoms with Gasteiger partial charge in [-0.1, -0.05) is 147 Å². The van der Waals surface area contributed by atoms with Crippen molar-refractivity contribution in [3.05, 3.63) is 48.6 Å². The van der Waals surface area contributed by atoms with Crippen molar-refractivity contribution in [3.8, 4) is 0 Å². The van der Waals surface area contributed by atoms with Gasteiger partial charge in [-0.15, -0.1) is 0 Å². The topological polar surface area (TPSA) is 280 Å². The number of aromatic nitrogens is 4. The van der Waals surface area contributed by atoms with Crippen LogP contribution in [0.2, 0.25) is 0 Å². The van der Waals surface area contributed by atoms with Gasteiger partial charge in [-0.2, -0.15) is 0 Å². The second-order valence-corrected chi connectivity index (χ2v) is 38.6. The maximum Gasteiger partial charge on any atom is 0.272 e. The fourth-order valence-corrected chi connectivity index (χ4v) is 23.0. The van der Waals surface area contributed by atoms with Gasteiger partial charge < -0.3 is 10.6 Å². The Labute approximate surface area is 631 Å². The Morgan fingerprint density at radius 3 is 1.05 bits per heavy atom. The summed E-state index contributed by atoms with van der Waals surface area (Å²) in [5.74, 6) is -7.21. The Morgan fingerprint density at radius 1 is 0.434 bits per heavy atom. The minimum atomic E-state index is -0.746. The molecule has 0 aromatic carbocycles. The summed E-state index contributed by atoms with van der Waals surface area (Å²) in [6, 6.07) is -1.49. The molecule has 2 aromatic rings. The zero-order valence-corrected chi connectivity index (χ0v) is 66.3. The van der Waals surface area contributed by atoms with E-state index in [2.05, 4.69) is 58.3 Å². The van der Waals surface area contributed by atoms with Crippen LogP contribution in [0.4, 0.5) is 0 Å². The summed E-state index contributed by atoms with van der Waals surface area (Å²) >= 11 is 0. The zero-order chi connectivity index (χ0) is 76.7. The van der Waals surface area contributed by atoms with Gasteiger partial charge in [0.2, 0.25) is 11.6 Å². The Morgan fingerprint density at radius 2 is 0.774 bits per heavy atom. The highest BCUT2D eigenvalue weighted by Crippen LogP contribution is 2.92. The molecule has 2 N–H and O–H groups in total. The second-order valence-electron chi connectivity index (χ2n) is 38.6. The summed E-state index contributed by atoms with van der Waals surface area (Å²) in [5.41, 5.74) is -0.896. The minimum absolute atomic E-state index is 0.00167. The Hall–Kier alpha value is -6.20. The molecule has 106 heavy (non-hydrogen) atoms. The van der Waals surface area contributed by atoms with Crippen molar-refractivity contribution >= 4 is 69.6 Å². The number of nitrogens with one attached hydrogen (secondary N) is 2. The molecule has 0 aliphatic heterocycles. The third kappa shape index (κ3) is 15.9. The summed E-state index contributed by atoms with van der Waals surface area (Å²) < 4.78 is 0. The van der Waals surface area contributed by atoms with Gasteiger partial charge in [-0.05, 0) is 183 Å². The maximum absolute atomic E-state index is 15.2. The molecular weight excluding hydrogens is 1330 g/mol. The third-order valence-electron chi connectivity index (χ3n) is 30.2. The van der Waals surface area contributed by atoms with Crippen LogP contribution in [-0.4, -0.2) is 102 Å². The molecule has 18 heteroatoms. The lowest BCUT2D eigenvalue weighted by atomic mass is 9.68. The van der Waals surface area contributed by atoms with Gasteiger partial charge in [0, 0.05) is 111 Å². The van der Waals surface area contributed by atoms with Crippen molar-refractivity contribution in [1.82, 2.24) is 30.6 Å². The number of Topliss-reactive ketones (excluding diaryl/α,β-unsaturated/α-hetero) is 10. The van der Waals surface area contributed by atoms with E-state index in [9.17, 15) is 47.9 Å². The highest BCUT2D eigenvalue weighted by molar-refractivity contribution is 6.39. The van der Waals surface area contributed by atoms with Crippen molar-refractivity contribution in [2.75, 3.05) is 0 Å². The normalized spacial score (nSPS) is 27.7. The van der Waals surface area contributed by atoms with Crippen LogP contribution in [0.15, 0.2) is 37.2 Å². The first-order chi connectivity index (χ1) is 50.1. The third-order valence-corrected chi connectivity index (χ3v) is 30.2. The molecule has 580 valence electrons. The Kier molecular flexibility index (Phi) is 24.4. The second kappa shape index (κ2) is 32.0. The highest BCUT2D eigenvalue weighted by atomic mass is 16.2. The van der Waals surface area contributed by atoms with Crippen molar-refractivity contribution in [2.45, 2.75) is 313 Å². The van der Waals surface area contributed by atoms with Gasteiger partial charge >= 0.3 is 0 Å². The standard InChI is InChI=1S/2C44H63N3O6/c2*1-7-12-29(38(51)36(50)21-27-15-16-27)22-34(48)30-24-44(42(5,6)43(44)17-11-18-43)25-31(30)39(52)32(41(2,3)4)23-35(49)37(28-13-9-8-10-14-28)47-40(53)33-26-45-19-20-46-33/h2*19-20,26-32,37H,7-18,21-25H2,1-6H3,(H,47,53)/t2*29?,30-,31?,32-,37+,44-/m11/s1. The van der Waals surface area contributed by atoms with Crippen molar-refractivity contribution in [3.63, 3.8) is 0 Å². The van der Waals surface area contributed by atoms with Crippen molar-refractivity contribution in [1.29, 1.82) is 0 Å². The van der Waals surface area contributed by atoms with Crippen LogP contribution in [0.25, 0.3) is 0 Å². The average Bonchev–Trinajstić information content (AvgIpc) is 1.46. The molecule has 12 rings (SSSR count). The van der Waals surface area contributed by atoms with E-state index in [0.29, 0.717) is 63.2 Å². The van der Waals surface area contributed by atoms with Crippen LogP contribution in [0.3, 0.4) is 0 Å². The van der Waals surface area contributed by atoms with E-state index in [0.717, 1.165) is 128 Å². The highest BCUT2D eigenvalue weighted by Gasteiger charge is 2.86. The molecule has 12 atom stereocenters. The maximum atomic E-state index is 15.2. The number of nitrogens with zero attached hydrogens (tertiary/aromatic N) is 4. The van der Waals surface area contributed by atoms with E-state index in [1.54, 1.807) is 0 Å². The van der Waals surface area contributed by atoms with Gasteiger partial charge in [0.25, 0.3) is 11.8 Å². The molecule has 4 spiro atoms. The van der Waals surface area contributed by atoms with Crippen LogP contribution < -0.4 is 10.6 Å². The molecule has 0 saturated heterocycles. The number of rotatable bonds is 34. The number of amides is 2. The molecule has 2 amide bonds. The summed E-state index contributed by atoms with van der Waals surface area (Å²) in [5, 5.41) is 6.02. The number of hydrogen-bond acceptors (Lipinski definition) is 16. The lowest BCUT2D eigenvalue weighted by Crippen LogP contribution is -2.49. The fraction of sp³-hybridized carbons (Fsp3) is 0.773. The number of ketones is 10. The number of hydrogen-bond donors (Lipinski definition) is 2. The first kappa shape index (κ1) is 80.8. The predicted octanol–water partition coefficient (Wildman–Crippen LogP) is 15.8. The van der Waals surface area contributed by atoms with Crippen LogP contribution >= 0.6 is 0 Å². The fourth-order valence-electron chi connectivity index (χ4n) is 23.0. The summed E-state index contributed by atoms with van der Waals surface area (Å²) in [6.07, 6.45) is 34.1. The van der Waals surface area contributed by atoms with Crippen molar-refractivity contribution < 1.29 is 57.5 Å². The van der Waals surface area contributed by atoms with E-state index in [1.807, 2.05) is 55.4 Å². The molecule has 18 nitrogen and oxygen atoms in total. The lowest BCUT2D eigenvalue weighted by Gasteiger charge is -2.35. The zero-order valence-electron chi connectivity index (χ0n) is 66.3. The molecule has 10 aliphatic carbocycles. The smallest absolute Gasteiger partial charge is 0.272 e. The van der Waals surface area contributed by atoms with E-state index in [4.69, 9.17) is 0 Å². The Bertz CT molecular complexity index is 3400. The number of carbonyl (C=O) groups excluding carboxylic acids is 12. The van der Waals surface area contributed by atoms with Gasteiger partial charge in [0.1, 0.15) is 34.5 Å². The summed E-state index contributed by atoms with van der Waals surface area (Å²) in [6.45, 7) is 25.1. The molecule has 10 saturated carbocycles. The molecule has 10 aliphatic rings. The monoisotopic (exact) mass is 1460 g/mol. The van der Waals surface area contributed by atoms with Crippen LogP contribution in [0.1, 0.15) is 322 Å². The van der Waals surface area contributed by atoms with E-state index in [-0.39, 0.29) is 141 Å². The lowest BCUT2D eigenvalue weighted by molar-refractivity contribution is -0.142. The molecule has 2 heterocycles. The molecule has 4 unspecified atom stereocenters. The molecule has 10 fully saturated rings. The summed E-state index contributed by atoms with van der Waals surface area (Å²) in [4.78, 5) is 184. The van der Waals surface area contributed by atoms with Crippen LogP contribution in [0.5, 0.6) is 0 Å². The van der Waals surface area contributed by atoms with E-state index >= 15 is 9.59 Å².